The molecule has 3 aromatic rings. The highest BCUT2D eigenvalue weighted by molar-refractivity contribution is 6.30. The van der Waals surface area contributed by atoms with Crippen LogP contribution in [0, 0.1) is 12.3 Å². The van der Waals surface area contributed by atoms with E-state index < -0.39 is 116 Å². The maximum Gasteiger partial charge on any atom is 0.259 e. The molecule has 16 heteroatoms. The van der Waals surface area contributed by atoms with Crippen LogP contribution in [0.1, 0.15) is 82.3 Å². The summed E-state index contributed by atoms with van der Waals surface area (Å²) in [6.45, 7) is 4.21. The van der Waals surface area contributed by atoms with E-state index in [4.69, 9.17) is 14.2 Å². The lowest BCUT2D eigenvalue weighted by Crippen LogP contribution is -2.65. The summed E-state index contributed by atoms with van der Waals surface area (Å²) in [7, 11) is 2.68. The van der Waals surface area contributed by atoms with Crippen LogP contribution in [0.25, 0.3) is 0 Å². The van der Waals surface area contributed by atoms with Gasteiger partial charge in [0.05, 0.1) is 51.9 Å². The molecule has 16 nitrogen and oxygen atoms in total. The van der Waals surface area contributed by atoms with Gasteiger partial charge in [0.15, 0.2) is 23.4 Å². The largest absolute Gasteiger partial charge is 0.507 e. The first-order valence-corrected chi connectivity index (χ1v) is 17.0. The van der Waals surface area contributed by atoms with Crippen molar-refractivity contribution < 1.29 is 63.7 Å². The maximum atomic E-state index is 14.7. The van der Waals surface area contributed by atoms with E-state index in [0.29, 0.717) is 0 Å². The third-order valence-electron chi connectivity index (χ3n) is 11.1. The number of ether oxygens (including phenoxy) is 3. The second-order valence-electron chi connectivity index (χ2n) is 14.1. The van der Waals surface area contributed by atoms with Crippen molar-refractivity contribution in [3.8, 4) is 11.5 Å². The molecule has 2 heterocycles. The lowest BCUT2D eigenvalue weighted by Gasteiger charge is -2.52. The number of ketones is 4. The smallest absolute Gasteiger partial charge is 0.259 e. The first-order valence-electron chi connectivity index (χ1n) is 17.0. The number of phenols is 2. The molecule has 4 aliphatic rings. The molecule has 1 fully saturated rings. The normalized spacial score (nSPS) is 30.1. The minimum Gasteiger partial charge on any atom is -0.507 e. The fraction of sp³-hybridized carbons (Fsp3) is 0.368. The highest BCUT2D eigenvalue weighted by atomic mass is 16.6. The highest BCUT2D eigenvalue weighted by Gasteiger charge is 2.69. The number of aryl methyl sites for hydroxylation is 1. The summed E-state index contributed by atoms with van der Waals surface area (Å²) in [4.78, 5) is 74.3. The number of allylic oxidation sites excluding steroid dienone is 2. The van der Waals surface area contributed by atoms with Crippen LogP contribution < -0.4 is 10.6 Å². The molecule has 0 bridgehead atoms. The molecule has 7 N–H and O–H groups in total. The van der Waals surface area contributed by atoms with Gasteiger partial charge in [-0.2, -0.15) is 0 Å². The van der Waals surface area contributed by atoms with Crippen LogP contribution in [0.3, 0.4) is 0 Å². The average molecular weight is 744 g/mol. The van der Waals surface area contributed by atoms with E-state index in [9.17, 15) is 49.5 Å². The van der Waals surface area contributed by atoms with E-state index in [0.717, 1.165) is 19.1 Å². The van der Waals surface area contributed by atoms with Crippen LogP contribution in [0.15, 0.2) is 48.4 Å². The fourth-order valence-corrected chi connectivity index (χ4v) is 8.30. The Morgan fingerprint density at radius 2 is 1.70 bits per heavy atom. The molecule has 1 saturated heterocycles. The summed E-state index contributed by atoms with van der Waals surface area (Å²) in [5.41, 5.74) is -8.63. The molecule has 0 saturated carbocycles. The summed E-state index contributed by atoms with van der Waals surface area (Å²) >= 11 is 0. The van der Waals surface area contributed by atoms with Crippen molar-refractivity contribution in [2.45, 2.75) is 69.5 Å². The van der Waals surface area contributed by atoms with Crippen LogP contribution in [-0.4, -0.2) is 111 Å². The van der Waals surface area contributed by atoms with Crippen LogP contribution in [0.5, 0.6) is 11.5 Å². The average Bonchev–Trinajstić information content (AvgIpc) is 3.11. The number of carbonyl (C=O) groups is 5. The van der Waals surface area contributed by atoms with Gasteiger partial charge >= 0.3 is 0 Å². The molecule has 8 atom stereocenters. The van der Waals surface area contributed by atoms with Gasteiger partial charge in [0.1, 0.15) is 29.8 Å². The number of pyridine rings is 1. The Balaban J connectivity index is 1.34. The fourth-order valence-electron chi connectivity index (χ4n) is 8.30. The zero-order valence-electron chi connectivity index (χ0n) is 29.7. The minimum atomic E-state index is -3.05. The number of hydrogen-bond donors (Lipinski definition) is 7. The van der Waals surface area contributed by atoms with Gasteiger partial charge in [0, 0.05) is 49.6 Å². The van der Waals surface area contributed by atoms with Crippen LogP contribution >= 0.6 is 0 Å². The van der Waals surface area contributed by atoms with Crippen molar-refractivity contribution in [3.63, 3.8) is 0 Å². The summed E-state index contributed by atoms with van der Waals surface area (Å²) < 4.78 is 16.6. The highest BCUT2D eigenvalue weighted by Crippen LogP contribution is 2.59. The number of aliphatic hydroxyl groups excluding tert-OH is 2. The number of benzene rings is 2. The monoisotopic (exact) mass is 743 g/mol. The Morgan fingerprint density at radius 3 is 2.35 bits per heavy atom. The predicted molar refractivity (Wildman–Crippen MR) is 185 cm³/mol. The summed E-state index contributed by atoms with van der Waals surface area (Å²) in [5, 5.41) is 63.6. The molecule has 0 unspecified atom stereocenters. The summed E-state index contributed by atoms with van der Waals surface area (Å²) in [6, 6.07) is 5.42. The van der Waals surface area contributed by atoms with Gasteiger partial charge in [-0.25, -0.2) is 0 Å². The topological polar surface area (TPSA) is 251 Å². The van der Waals surface area contributed by atoms with E-state index >= 15 is 0 Å². The first-order chi connectivity index (χ1) is 25.5. The van der Waals surface area contributed by atoms with Crippen molar-refractivity contribution >= 4 is 34.7 Å². The summed E-state index contributed by atoms with van der Waals surface area (Å²) in [6.07, 6.45) is -3.36. The molecule has 1 aromatic heterocycles. The number of methoxy groups -OCH3 is 2. The second-order valence-corrected chi connectivity index (χ2v) is 14.1. The zero-order chi connectivity index (χ0) is 39.2. The quantitative estimate of drug-likeness (QED) is 0.188. The number of fused-ring (bicyclic) bond motifs is 5. The van der Waals surface area contributed by atoms with Gasteiger partial charge in [0.2, 0.25) is 11.6 Å². The van der Waals surface area contributed by atoms with Crippen LogP contribution in [-0.2, 0) is 26.2 Å². The van der Waals surface area contributed by atoms with E-state index in [1.54, 1.807) is 19.1 Å². The third kappa shape index (κ3) is 4.98. The molecule has 282 valence electrons. The maximum absolute atomic E-state index is 14.7. The zero-order valence-corrected chi connectivity index (χ0v) is 29.7. The number of aromatic nitrogens is 1. The molecule has 1 aliphatic heterocycles. The lowest BCUT2D eigenvalue weighted by atomic mass is 9.51. The standard InChI is InChI=1S/C38H37N3O13/c1-14-9-16-10-22(43)37(3)34(49)25-19(33(48)38(37,51)26(16)29(46)23(14)35(50)40-17-7-6-8-39-13-17)11-18-24(28(25)45)21(42)12-20(27(18)44)41-36-32(53-5)30(47)31(52-4)15(2)54-36/h6-9,11-13,15,22,30-32,36,41,43,45-47,51H,10H2,1-5H3,(H,40,50)/t15-,22+,30+,31-,32+,36-,37-,38-/m0/s1. The number of amides is 1. The molecule has 0 radical (unpaired) electrons. The Hall–Kier alpha value is -5.36. The number of Topliss-reactive ketones (excluding diaryl/α,β-unsaturated/α-hetero) is 3. The summed E-state index contributed by atoms with van der Waals surface area (Å²) in [5.74, 6) is -6.97. The third-order valence-corrected chi connectivity index (χ3v) is 11.1. The Labute approximate surface area is 307 Å². The number of anilines is 1. The molecule has 2 aromatic carbocycles. The predicted octanol–water partition coefficient (Wildman–Crippen LogP) is 1.23. The number of nitrogens with one attached hydrogen (secondary N) is 2. The van der Waals surface area contributed by atoms with Crippen molar-refractivity contribution in [1.29, 1.82) is 0 Å². The van der Waals surface area contributed by atoms with Gasteiger partial charge in [0.25, 0.3) is 5.91 Å². The van der Waals surface area contributed by atoms with Crippen molar-refractivity contribution in [3.05, 3.63) is 92.9 Å². The number of carbonyl (C=O) groups excluding carboxylic acids is 5. The van der Waals surface area contributed by atoms with Crippen molar-refractivity contribution in [1.82, 2.24) is 10.3 Å². The SMILES string of the molecule is CO[C@@H]1[C@@H](O)[C@@H](OC)[C@@H](NC2=CC(=O)c3c(cc4c(c3O)C(=O)[C@]3(C)[C@H](O)Cc5cc(C)c(C(=O)Nc6cccnc6)c(O)c5[C@]3(O)C4=O)C2=O)O[C@H]1C. The molecule has 7 rings (SSSR count). The molecule has 54 heavy (non-hydrogen) atoms. The Morgan fingerprint density at radius 1 is 1.00 bits per heavy atom. The molecule has 0 spiro atoms. The number of rotatable bonds is 6. The van der Waals surface area contributed by atoms with Crippen LogP contribution in [0.2, 0.25) is 0 Å². The molecule has 3 aliphatic carbocycles. The first kappa shape index (κ1) is 37.0. The van der Waals surface area contributed by atoms with Gasteiger partial charge in [-0.3, -0.25) is 29.0 Å². The van der Waals surface area contributed by atoms with Gasteiger partial charge < -0.3 is 50.4 Å². The van der Waals surface area contributed by atoms with Gasteiger partial charge in [-0.05, 0) is 50.1 Å². The van der Waals surface area contributed by atoms with E-state index in [1.807, 2.05) is 0 Å². The van der Waals surface area contributed by atoms with Crippen LogP contribution in [0.4, 0.5) is 5.69 Å². The van der Waals surface area contributed by atoms with E-state index in [-0.39, 0.29) is 34.5 Å². The lowest BCUT2D eigenvalue weighted by molar-refractivity contribution is -0.236. The van der Waals surface area contributed by atoms with Crippen molar-refractivity contribution in [2.75, 3.05) is 19.5 Å². The Kier molecular flexibility index (Phi) is 8.83. The van der Waals surface area contributed by atoms with Gasteiger partial charge in [-0.1, -0.05) is 6.07 Å². The van der Waals surface area contributed by atoms with E-state index in [1.165, 1.54) is 39.6 Å². The number of aliphatic hydroxyl groups is 3. The molecular formula is C38H37N3O13. The number of phenolic OH excluding ortho intramolecular Hbond substituents is 2. The number of hydrogen-bond acceptors (Lipinski definition) is 15. The van der Waals surface area contributed by atoms with Crippen molar-refractivity contribution in [2.24, 2.45) is 5.41 Å². The number of nitrogens with zero attached hydrogens (tertiary/aromatic N) is 1. The second kappa shape index (κ2) is 12.9. The minimum absolute atomic E-state index is 0.0650. The Bertz CT molecular complexity index is 2200. The van der Waals surface area contributed by atoms with E-state index in [2.05, 4.69) is 15.6 Å². The van der Waals surface area contributed by atoms with Gasteiger partial charge in [-0.15, -0.1) is 0 Å². The molecular weight excluding hydrogens is 706 g/mol. The molecule has 1 amide bonds. The number of aromatic hydroxyl groups is 2.